The van der Waals surface area contributed by atoms with E-state index < -0.39 is 58.1 Å². The summed E-state index contributed by atoms with van der Waals surface area (Å²) in [6.07, 6.45) is -1.64. The Hall–Kier alpha value is -3.83. The van der Waals surface area contributed by atoms with Crippen LogP contribution >= 0.6 is 0 Å². The molecule has 15 nitrogen and oxygen atoms in total. The minimum absolute atomic E-state index is 0.0152. The second kappa shape index (κ2) is 16.1. The van der Waals surface area contributed by atoms with Crippen LogP contribution in [0.15, 0.2) is 47.4 Å². The third-order valence-electron chi connectivity index (χ3n) is 9.56. The topological polar surface area (TPSA) is 161 Å². The fraction of sp³-hybridized carbons (Fsp3) is 0.632. The van der Waals surface area contributed by atoms with Gasteiger partial charge in [-0.2, -0.15) is 4.31 Å². The average molecular weight is 776 g/mol. The van der Waals surface area contributed by atoms with Gasteiger partial charge < -0.3 is 43.2 Å². The summed E-state index contributed by atoms with van der Waals surface area (Å²) in [5, 5.41) is 2.67. The van der Waals surface area contributed by atoms with Gasteiger partial charge in [-0.3, -0.25) is 4.90 Å². The number of carbonyl (C=O) groups is 2. The van der Waals surface area contributed by atoms with Crippen molar-refractivity contribution in [3.63, 3.8) is 0 Å². The first-order chi connectivity index (χ1) is 25.5. The number of sulfonamides is 1. The van der Waals surface area contributed by atoms with E-state index in [2.05, 4.69) is 5.32 Å². The molecule has 5 atom stereocenters. The van der Waals surface area contributed by atoms with Gasteiger partial charge in [-0.05, 0) is 83.2 Å². The second-order valence-electron chi connectivity index (χ2n) is 15.8. The number of hydrogen-bond donors (Lipinski definition) is 1. The fourth-order valence-electron chi connectivity index (χ4n) is 7.21. The molecule has 4 heterocycles. The molecule has 3 saturated heterocycles. The molecule has 0 spiro atoms. The molecule has 4 aliphatic rings. The van der Waals surface area contributed by atoms with Crippen molar-refractivity contribution in [1.29, 1.82) is 0 Å². The summed E-state index contributed by atoms with van der Waals surface area (Å²) >= 11 is 0. The van der Waals surface area contributed by atoms with E-state index in [4.69, 9.17) is 37.9 Å². The fourth-order valence-corrected chi connectivity index (χ4v) is 8.84. The number of benzene rings is 2. The van der Waals surface area contributed by atoms with Crippen molar-refractivity contribution in [2.45, 2.75) is 102 Å². The van der Waals surface area contributed by atoms with Crippen molar-refractivity contribution >= 4 is 22.2 Å². The van der Waals surface area contributed by atoms with Crippen LogP contribution in [-0.4, -0.2) is 112 Å². The van der Waals surface area contributed by atoms with Crippen LogP contribution < -0.4 is 19.5 Å². The Morgan fingerprint density at radius 3 is 2.52 bits per heavy atom. The monoisotopic (exact) mass is 775 g/mol. The van der Waals surface area contributed by atoms with Crippen LogP contribution in [0.25, 0.3) is 0 Å². The Kier molecular flexibility index (Phi) is 11.9. The first-order valence-corrected chi connectivity index (χ1v) is 19.9. The minimum Gasteiger partial charge on any atom is -0.492 e. The van der Waals surface area contributed by atoms with E-state index in [-0.39, 0.29) is 56.4 Å². The number of ether oxygens (including phenoxy) is 8. The van der Waals surface area contributed by atoms with E-state index in [9.17, 15) is 18.0 Å². The van der Waals surface area contributed by atoms with Gasteiger partial charge in [0, 0.05) is 19.2 Å². The lowest BCUT2D eigenvalue weighted by Crippen LogP contribution is -2.51. The summed E-state index contributed by atoms with van der Waals surface area (Å²) in [4.78, 5) is 27.8. The third-order valence-corrected chi connectivity index (χ3v) is 11.4. The van der Waals surface area contributed by atoms with Gasteiger partial charge in [-0.25, -0.2) is 18.0 Å². The lowest BCUT2D eigenvalue weighted by Gasteiger charge is -2.34. The Labute approximate surface area is 317 Å². The predicted octanol–water partition coefficient (Wildman–Crippen LogP) is 4.91. The van der Waals surface area contributed by atoms with Gasteiger partial charge in [0.1, 0.15) is 29.8 Å². The molecule has 16 heteroatoms. The molecule has 298 valence electrons. The van der Waals surface area contributed by atoms with Crippen LogP contribution in [0, 0.1) is 11.8 Å². The molecule has 54 heavy (non-hydrogen) atoms. The Bertz CT molecular complexity index is 1750. The van der Waals surface area contributed by atoms with Crippen LogP contribution in [0.1, 0.15) is 60.5 Å². The van der Waals surface area contributed by atoms with E-state index in [0.717, 1.165) is 12.0 Å². The van der Waals surface area contributed by atoms with E-state index in [1.165, 1.54) is 16.4 Å². The molecule has 0 aliphatic carbocycles. The average Bonchev–Trinajstić information content (AvgIpc) is 3.87. The van der Waals surface area contributed by atoms with E-state index in [1.54, 1.807) is 45.6 Å². The number of hydrogen-bond acceptors (Lipinski definition) is 12. The Morgan fingerprint density at radius 2 is 1.80 bits per heavy atom. The summed E-state index contributed by atoms with van der Waals surface area (Å²) in [6.45, 7) is 14.3. The summed E-state index contributed by atoms with van der Waals surface area (Å²) in [5.41, 5.74) is -0.877. The van der Waals surface area contributed by atoms with Crippen LogP contribution in [0.3, 0.4) is 0 Å². The summed E-state index contributed by atoms with van der Waals surface area (Å²) in [6, 6.07) is 11.4. The lowest BCUT2D eigenvalue weighted by molar-refractivity contribution is -0.0911. The molecule has 3 fully saturated rings. The maximum atomic E-state index is 14.3. The molecule has 1 N–H and O–H groups in total. The number of rotatable bonds is 13. The van der Waals surface area contributed by atoms with Gasteiger partial charge in [-0.1, -0.05) is 26.0 Å². The van der Waals surface area contributed by atoms with Crippen molar-refractivity contribution in [3.05, 3.63) is 48.0 Å². The van der Waals surface area contributed by atoms with Crippen LogP contribution in [-0.2, 0) is 40.1 Å². The van der Waals surface area contributed by atoms with Gasteiger partial charge in [0.2, 0.25) is 16.8 Å². The molecule has 4 aliphatic heterocycles. The van der Waals surface area contributed by atoms with E-state index >= 15 is 0 Å². The smallest absolute Gasteiger partial charge is 0.412 e. The third kappa shape index (κ3) is 9.33. The molecular weight excluding hydrogens is 722 g/mol. The molecule has 0 unspecified atom stereocenters. The lowest BCUT2D eigenvalue weighted by atomic mass is 9.99. The maximum absolute atomic E-state index is 14.3. The highest BCUT2D eigenvalue weighted by Gasteiger charge is 2.53. The highest BCUT2D eigenvalue weighted by Crippen LogP contribution is 2.40. The van der Waals surface area contributed by atoms with Gasteiger partial charge >= 0.3 is 12.2 Å². The summed E-state index contributed by atoms with van der Waals surface area (Å²) in [7, 11) is -4.03. The highest BCUT2D eigenvalue weighted by atomic mass is 32.2. The van der Waals surface area contributed by atoms with Gasteiger partial charge in [0.15, 0.2) is 17.8 Å². The normalized spacial score (nSPS) is 24.5. The predicted molar refractivity (Wildman–Crippen MR) is 195 cm³/mol. The zero-order chi connectivity index (χ0) is 38.8. The van der Waals surface area contributed by atoms with Crippen molar-refractivity contribution < 1.29 is 55.9 Å². The van der Waals surface area contributed by atoms with Crippen molar-refractivity contribution in [2.24, 2.45) is 11.8 Å². The SMILES string of the molecule is CC(C)CN(C[C@H]1OC(C)(C)N(C(=O)O[C@@H]2CO[C@H]3OCC[C@H]32)[C@H]1Cc1ccc(OCCNC(=O)OC(C)(C)C)cc1)S(=O)(=O)c1ccc2c(c1)OCO2. The number of carbonyl (C=O) groups excluding carboxylic acids is 2. The zero-order valence-electron chi connectivity index (χ0n) is 32.1. The van der Waals surface area contributed by atoms with Crippen molar-refractivity contribution in [2.75, 3.05) is 46.2 Å². The molecule has 0 saturated carbocycles. The molecule has 2 aromatic carbocycles. The first-order valence-electron chi connectivity index (χ1n) is 18.5. The number of fused-ring (bicyclic) bond motifs is 2. The van der Waals surface area contributed by atoms with Gasteiger partial charge in [-0.15, -0.1) is 0 Å². The zero-order valence-corrected chi connectivity index (χ0v) is 32.9. The molecule has 0 aromatic heterocycles. The van der Waals surface area contributed by atoms with Crippen LogP contribution in [0.5, 0.6) is 17.2 Å². The Balaban J connectivity index is 1.21. The molecule has 6 rings (SSSR count). The molecule has 2 aromatic rings. The standard InChI is InChI=1S/C38H53N3O12S/c1-24(2)20-40(54(44,45)27-12-13-30-31(19-27)50-23-49-30)21-32-29(18-25-8-10-26(11-9-25)46-17-15-39-35(42)53-37(3,4)5)41(38(6,7)52-32)36(43)51-33-22-48-34-28(33)14-16-47-34/h8-13,19,24,28-29,32-34H,14-18,20-23H2,1-7H3,(H,39,42)/t28-,29-,32+,33+,34+/m0/s1. The van der Waals surface area contributed by atoms with Gasteiger partial charge in [0.05, 0.1) is 42.7 Å². The largest absolute Gasteiger partial charge is 0.492 e. The van der Waals surface area contributed by atoms with Gasteiger partial charge in [0.25, 0.3) is 0 Å². The van der Waals surface area contributed by atoms with Crippen LogP contribution in [0.2, 0.25) is 0 Å². The second-order valence-corrected chi connectivity index (χ2v) is 17.8. The van der Waals surface area contributed by atoms with E-state index in [0.29, 0.717) is 30.3 Å². The number of alkyl carbamates (subject to hydrolysis) is 1. The summed E-state index contributed by atoms with van der Waals surface area (Å²) < 4.78 is 76.1. The molecule has 2 amide bonds. The maximum Gasteiger partial charge on any atom is 0.412 e. The molecule has 0 radical (unpaired) electrons. The van der Waals surface area contributed by atoms with E-state index in [1.807, 2.05) is 38.1 Å². The van der Waals surface area contributed by atoms with Crippen molar-refractivity contribution in [1.82, 2.24) is 14.5 Å². The highest BCUT2D eigenvalue weighted by molar-refractivity contribution is 7.89. The quantitative estimate of drug-likeness (QED) is 0.274. The summed E-state index contributed by atoms with van der Waals surface area (Å²) in [5.74, 6) is 1.36. The first kappa shape index (κ1) is 39.9. The molecular formula is C38H53N3O12S. The Morgan fingerprint density at radius 1 is 1.06 bits per heavy atom. The number of amides is 2. The van der Waals surface area contributed by atoms with Crippen molar-refractivity contribution in [3.8, 4) is 17.2 Å². The number of nitrogens with one attached hydrogen (secondary N) is 1. The minimum atomic E-state index is -4.03. The molecule has 0 bridgehead atoms. The van der Waals surface area contributed by atoms with Crippen LogP contribution in [0.4, 0.5) is 9.59 Å². The number of nitrogens with zero attached hydrogens (tertiary/aromatic N) is 2.